The van der Waals surface area contributed by atoms with Crippen LogP contribution < -0.4 is 10.6 Å². The maximum atomic E-state index is 12.0. The Balaban J connectivity index is 2.28. The first kappa shape index (κ1) is 17.4. The second-order valence-corrected chi connectivity index (χ2v) is 6.08. The molecule has 20 heavy (non-hydrogen) atoms. The number of hydrogen-bond acceptors (Lipinski definition) is 4. The molecule has 0 spiro atoms. The highest BCUT2D eigenvalue weighted by molar-refractivity contribution is 5.77. The molecule has 5 heteroatoms. The summed E-state index contributed by atoms with van der Waals surface area (Å²) in [6.07, 6.45) is 3.35. The molecule has 1 amide bonds. The topological polar surface area (TPSA) is 53.6 Å². The summed E-state index contributed by atoms with van der Waals surface area (Å²) in [5, 5.41) is 6.47. The van der Waals surface area contributed by atoms with Gasteiger partial charge in [-0.05, 0) is 31.7 Å². The number of amides is 1. The first-order valence-electron chi connectivity index (χ1n) is 7.83. The maximum Gasteiger partial charge on any atom is 0.234 e. The van der Waals surface area contributed by atoms with Crippen LogP contribution in [0.2, 0.25) is 0 Å². The maximum absolute atomic E-state index is 12.0. The molecule has 0 aromatic rings. The van der Waals surface area contributed by atoms with E-state index in [2.05, 4.69) is 29.4 Å². The van der Waals surface area contributed by atoms with Crippen molar-refractivity contribution in [2.45, 2.75) is 39.2 Å². The number of nitrogens with one attached hydrogen (secondary N) is 2. The first-order valence-corrected chi connectivity index (χ1v) is 7.83. The van der Waals surface area contributed by atoms with Crippen molar-refractivity contribution in [3.63, 3.8) is 0 Å². The Morgan fingerprint density at radius 3 is 2.90 bits per heavy atom. The molecule has 1 saturated heterocycles. The van der Waals surface area contributed by atoms with Crippen LogP contribution in [-0.4, -0.2) is 63.3 Å². The lowest BCUT2D eigenvalue weighted by molar-refractivity contribution is -0.122. The second-order valence-electron chi connectivity index (χ2n) is 6.08. The number of methoxy groups -OCH3 is 1. The largest absolute Gasteiger partial charge is 0.385 e. The summed E-state index contributed by atoms with van der Waals surface area (Å²) < 4.78 is 4.98. The minimum Gasteiger partial charge on any atom is -0.385 e. The Bertz CT molecular complexity index is 266. The van der Waals surface area contributed by atoms with Crippen molar-refractivity contribution < 1.29 is 9.53 Å². The van der Waals surface area contributed by atoms with Gasteiger partial charge in [-0.3, -0.25) is 9.69 Å². The summed E-state index contributed by atoms with van der Waals surface area (Å²) in [5.74, 6) is 0.706. The van der Waals surface area contributed by atoms with Gasteiger partial charge in [-0.15, -0.1) is 0 Å². The van der Waals surface area contributed by atoms with E-state index in [4.69, 9.17) is 4.74 Å². The molecule has 0 aromatic heterocycles. The fourth-order valence-electron chi connectivity index (χ4n) is 2.65. The van der Waals surface area contributed by atoms with Crippen molar-refractivity contribution in [3.05, 3.63) is 0 Å². The van der Waals surface area contributed by atoms with Gasteiger partial charge in [0.1, 0.15) is 0 Å². The molecule has 0 aliphatic carbocycles. The third kappa shape index (κ3) is 7.82. The zero-order chi connectivity index (χ0) is 14.8. The van der Waals surface area contributed by atoms with Crippen LogP contribution in [0.4, 0.5) is 0 Å². The monoisotopic (exact) mass is 285 g/mol. The van der Waals surface area contributed by atoms with Gasteiger partial charge in [0.25, 0.3) is 0 Å². The van der Waals surface area contributed by atoms with Gasteiger partial charge in [0.2, 0.25) is 5.91 Å². The van der Waals surface area contributed by atoms with Crippen molar-refractivity contribution in [3.8, 4) is 0 Å². The Morgan fingerprint density at radius 1 is 1.50 bits per heavy atom. The summed E-state index contributed by atoms with van der Waals surface area (Å²) in [7, 11) is 1.68. The van der Waals surface area contributed by atoms with E-state index in [1.165, 1.54) is 12.8 Å². The Morgan fingerprint density at radius 2 is 2.30 bits per heavy atom. The normalized spacial score (nSPS) is 18.9. The lowest BCUT2D eigenvalue weighted by Crippen LogP contribution is -2.44. The van der Waals surface area contributed by atoms with E-state index in [0.29, 0.717) is 31.7 Å². The summed E-state index contributed by atoms with van der Waals surface area (Å²) in [4.78, 5) is 14.2. The van der Waals surface area contributed by atoms with E-state index in [0.717, 1.165) is 26.1 Å². The summed E-state index contributed by atoms with van der Waals surface area (Å²) in [6.45, 7) is 9.36. The molecule has 1 atom stereocenters. The van der Waals surface area contributed by atoms with E-state index in [1.54, 1.807) is 7.11 Å². The predicted octanol–water partition coefficient (Wildman–Crippen LogP) is 0.849. The summed E-state index contributed by atoms with van der Waals surface area (Å²) in [5.41, 5.74) is 0. The first-order chi connectivity index (χ1) is 9.61. The van der Waals surface area contributed by atoms with E-state index in [1.807, 2.05) is 0 Å². The Kier molecular flexibility index (Phi) is 8.82. The molecule has 1 aliphatic heterocycles. The predicted molar refractivity (Wildman–Crippen MR) is 81.8 cm³/mol. The van der Waals surface area contributed by atoms with E-state index >= 15 is 0 Å². The fraction of sp³-hybridized carbons (Fsp3) is 0.933. The lowest BCUT2D eigenvalue weighted by atomic mass is 10.1. The molecule has 0 bridgehead atoms. The van der Waals surface area contributed by atoms with Gasteiger partial charge in [-0.2, -0.15) is 0 Å². The summed E-state index contributed by atoms with van der Waals surface area (Å²) >= 11 is 0. The van der Waals surface area contributed by atoms with Crippen molar-refractivity contribution in [2.75, 3.05) is 46.4 Å². The minimum absolute atomic E-state index is 0.125. The highest BCUT2D eigenvalue weighted by atomic mass is 16.5. The van der Waals surface area contributed by atoms with Gasteiger partial charge in [0.15, 0.2) is 0 Å². The van der Waals surface area contributed by atoms with Crippen LogP contribution in [0.1, 0.15) is 33.1 Å². The zero-order valence-corrected chi connectivity index (χ0v) is 13.3. The second kappa shape index (κ2) is 10.1. The van der Waals surface area contributed by atoms with Crippen LogP contribution in [-0.2, 0) is 9.53 Å². The smallest absolute Gasteiger partial charge is 0.234 e. The van der Waals surface area contributed by atoms with Gasteiger partial charge in [-0.1, -0.05) is 13.8 Å². The molecule has 1 heterocycles. The SMILES string of the molecule is COCCCNC(=O)CN(CC(C)C)CC1CCCN1. The van der Waals surface area contributed by atoms with Gasteiger partial charge in [0, 0.05) is 39.4 Å². The zero-order valence-electron chi connectivity index (χ0n) is 13.3. The number of carbonyl (C=O) groups excluding carboxylic acids is 1. The molecule has 1 fully saturated rings. The van der Waals surface area contributed by atoms with Crippen molar-refractivity contribution in [1.82, 2.24) is 15.5 Å². The van der Waals surface area contributed by atoms with Crippen molar-refractivity contribution in [1.29, 1.82) is 0 Å². The van der Waals surface area contributed by atoms with E-state index in [-0.39, 0.29) is 5.91 Å². The fourth-order valence-corrected chi connectivity index (χ4v) is 2.65. The van der Waals surface area contributed by atoms with E-state index in [9.17, 15) is 4.79 Å². The Hall–Kier alpha value is -0.650. The van der Waals surface area contributed by atoms with Crippen LogP contribution in [0.3, 0.4) is 0 Å². The van der Waals surface area contributed by atoms with E-state index < -0.39 is 0 Å². The third-order valence-corrected chi connectivity index (χ3v) is 3.48. The van der Waals surface area contributed by atoms with Gasteiger partial charge in [-0.25, -0.2) is 0 Å². The van der Waals surface area contributed by atoms with Crippen LogP contribution >= 0.6 is 0 Å². The molecular weight excluding hydrogens is 254 g/mol. The third-order valence-electron chi connectivity index (χ3n) is 3.48. The molecule has 5 nitrogen and oxygen atoms in total. The van der Waals surface area contributed by atoms with Crippen LogP contribution in [0.15, 0.2) is 0 Å². The number of hydrogen-bond donors (Lipinski definition) is 2. The number of ether oxygens (including phenoxy) is 1. The number of carbonyl (C=O) groups is 1. The molecule has 118 valence electrons. The number of nitrogens with zero attached hydrogens (tertiary/aromatic N) is 1. The highest BCUT2D eigenvalue weighted by Gasteiger charge is 2.20. The van der Waals surface area contributed by atoms with Gasteiger partial charge >= 0.3 is 0 Å². The average Bonchev–Trinajstić information content (AvgIpc) is 2.86. The highest BCUT2D eigenvalue weighted by Crippen LogP contribution is 2.08. The van der Waals surface area contributed by atoms with Crippen molar-refractivity contribution in [2.24, 2.45) is 5.92 Å². The van der Waals surface area contributed by atoms with Crippen LogP contribution in [0.25, 0.3) is 0 Å². The molecule has 0 saturated carbocycles. The van der Waals surface area contributed by atoms with Crippen LogP contribution in [0.5, 0.6) is 0 Å². The molecule has 0 radical (unpaired) electrons. The standard InChI is InChI=1S/C15H31N3O2/c1-13(2)10-18(11-14-6-4-7-16-14)12-15(19)17-8-5-9-20-3/h13-14,16H,4-12H2,1-3H3,(H,17,19). The lowest BCUT2D eigenvalue weighted by Gasteiger charge is -2.26. The molecule has 1 unspecified atom stereocenters. The molecular formula is C15H31N3O2. The average molecular weight is 285 g/mol. The number of rotatable bonds is 10. The van der Waals surface area contributed by atoms with Gasteiger partial charge < -0.3 is 15.4 Å². The Labute approximate surface area is 123 Å². The van der Waals surface area contributed by atoms with Crippen molar-refractivity contribution >= 4 is 5.91 Å². The molecule has 1 rings (SSSR count). The molecule has 2 N–H and O–H groups in total. The van der Waals surface area contributed by atoms with Crippen LogP contribution in [0, 0.1) is 5.92 Å². The minimum atomic E-state index is 0.125. The van der Waals surface area contributed by atoms with Gasteiger partial charge in [0.05, 0.1) is 6.54 Å². The summed E-state index contributed by atoms with van der Waals surface area (Å²) in [6, 6.07) is 0.551. The quantitative estimate of drug-likeness (QED) is 0.584. The molecule has 0 aromatic carbocycles. The molecule has 1 aliphatic rings.